The normalized spacial score (nSPS) is 17.1. The molecule has 0 radical (unpaired) electrons. The molecule has 0 bridgehead atoms. The van der Waals surface area contributed by atoms with Crippen molar-refractivity contribution in [3.63, 3.8) is 0 Å². The highest BCUT2D eigenvalue weighted by Crippen LogP contribution is 2.26. The number of hydrogen-bond acceptors (Lipinski definition) is 5. The number of rotatable bonds is 7. The molecule has 30 heavy (non-hydrogen) atoms. The van der Waals surface area contributed by atoms with E-state index in [0.29, 0.717) is 32.7 Å². The molecule has 1 aliphatic rings. The Morgan fingerprint density at radius 2 is 1.73 bits per heavy atom. The number of benzene rings is 2. The molecular weight excluding hydrogens is 407 g/mol. The zero-order chi connectivity index (χ0) is 21.9. The van der Waals surface area contributed by atoms with Crippen molar-refractivity contribution < 1.29 is 22.7 Å². The maximum absolute atomic E-state index is 13.4. The van der Waals surface area contributed by atoms with Crippen LogP contribution in [0.2, 0.25) is 0 Å². The number of nitrogens with zero attached hydrogens (tertiary/aromatic N) is 2. The third-order valence-electron chi connectivity index (χ3n) is 5.53. The Hall–Kier alpha value is -2.00. The van der Waals surface area contributed by atoms with E-state index in [0.717, 1.165) is 28.5 Å². The molecule has 1 aliphatic heterocycles. The average Bonchev–Trinajstić information content (AvgIpc) is 2.71. The number of aryl methyl sites for hydroxylation is 2. The zero-order valence-electron chi connectivity index (χ0n) is 17.6. The van der Waals surface area contributed by atoms with E-state index in [1.54, 1.807) is 0 Å². The van der Waals surface area contributed by atoms with Gasteiger partial charge in [-0.2, -0.15) is 4.31 Å². The Balaban J connectivity index is 1.52. The van der Waals surface area contributed by atoms with Crippen molar-refractivity contribution in [2.75, 3.05) is 39.3 Å². The van der Waals surface area contributed by atoms with Crippen molar-refractivity contribution in [2.45, 2.75) is 31.8 Å². The Kier molecular flexibility index (Phi) is 7.13. The van der Waals surface area contributed by atoms with Crippen LogP contribution < -0.4 is 4.74 Å². The molecule has 0 aromatic heterocycles. The highest BCUT2D eigenvalue weighted by molar-refractivity contribution is 7.89. The summed E-state index contributed by atoms with van der Waals surface area (Å²) in [5.41, 5.74) is 3.24. The summed E-state index contributed by atoms with van der Waals surface area (Å²) in [6.45, 7) is 8.15. The lowest BCUT2D eigenvalue weighted by atomic mass is 10.1. The summed E-state index contributed by atoms with van der Waals surface area (Å²) in [5.74, 6) is 0.233. The molecule has 1 heterocycles. The van der Waals surface area contributed by atoms with Crippen LogP contribution in [0.1, 0.15) is 16.7 Å². The monoisotopic (exact) mass is 436 g/mol. The van der Waals surface area contributed by atoms with E-state index in [4.69, 9.17) is 4.74 Å². The number of aliphatic hydroxyl groups excluding tert-OH is 1. The fraction of sp³-hybridized carbons (Fsp3) is 0.455. The molecule has 1 unspecified atom stereocenters. The average molecular weight is 437 g/mol. The van der Waals surface area contributed by atoms with E-state index in [-0.39, 0.29) is 11.5 Å². The highest BCUT2D eigenvalue weighted by atomic mass is 32.2. The van der Waals surface area contributed by atoms with Crippen LogP contribution in [0.3, 0.4) is 0 Å². The number of β-amino-alcohol motifs (C(OH)–C–C–N with tert-alkyl or cyclic N) is 1. The van der Waals surface area contributed by atoms with E-state index < -0.39 is 21.9 Å². The summed E-state index contributed by atoms with van der Waals surface area (Å²) in [4.78, 5) is 1.98. The minimum absolute atomic E-state index is 0.0340. The standard InChI is InChI=1S/C22H29FN2O4S/c1-16-7-8-17(2)22(18(16)3)29-15-20(26)14-24-9-11-25(12-10-24)30(27,28)21-6-4-5-19(23)13-21/h4-8,13,20,26H,9-12,14-15H2,1-3H3. The molecule has 1 N–H and O–H groups in total. The minimum Gasteiger partial charge on any atom is -0.490 e. The van der Waals surface area contributed by atoms with E-state index in [1.807, 2.05) is 37.8 Å². The lowest BCUT2D eigenvalue weighted by Gasteiger charge is -2.34. The fourth-order valence-electron chi connectivity index (χ4n) is 3.61. The number of ether oxygens (including phenoxy) is 1. The molecule has 1 saturated heterocycles. The maximum Gasteiger partial charge on any atom is 0.243 e. The summed E-state index contributed by atoms with van der Waals surface area (Å²) in [6, 6.07) is 9.11. The number of sulfonamides is 1. The summed E-state index contributed by atoms with van der Waals surface area (Å²) in [7, 11) is -3.72. The second-order valence-electron chi connectivity index (χ2n) is 7.78. The van der Waals surface area contributed by atoms with Crippen molar-refractivity contribution in [1.82, 2.24) is 9.21 Å². The molecule has 2 aromatic carbocycles. The van der Waals surface area contributed by atoms with Gasteiger partial charge in [0.1, 0.15) is 24.3 Å². The second kappa shape index (κ2) is 9.43. The van der Waals surface area contributed by atoms with Gasteiger partial charge in [-0.15, -0.1) is 0 Å². The molecule has 0 aliphatic carbocycles. The van der Waals surface area contributed by atoms with Crippen LogP contribution >= 0.6 is 0 Å². The van der Waals surface area contributed by atoms with Gasteiger partial charge >= 0.3 is 0 Å². The van der Waals surface area contributed by atoms with Crippen LogP contribution in [0.5, 0.6) is 5.75 Å². The molecule has 1 atom stereocenters. The van der Waals surface area contributed by atoms with Gasteiger partial charge in [-0.05, 0) is 55.7 Å². The van der Waals surface area contributed by atoms with E-state index in [9.17, 15) is 17.9 Å². The predicted molar refractivity (Wildman–Crippen MR) is 114 cm³/mol. The van der Waals surface area contributed by atoms with Crippen molar-refractivity contribution in [3.8, 4) is 5.75 Å². The van der Waals surface area contributed by atoms with Crippen molar-refractivity contribution >= 4 is 10.0 Å². The lowest BCUT2D eigenvalue weighted by Crippen LogP contribution is -2.50. The molecule has 0 saturated carbocycles. The van der Waals surface area contributed by atoms with Gasteiger partial charge in [0.2, 0.25) is 10.0 Å². The van der Waals surface area contributed by atoms with Crippen LogP contribution in [0.4, 0.5) is 4.39 Å². The van der Waals surface area contributed by atoms with E-state index in [1.165, 1.54) is 22.5 Å². The van der Waals surface area contributed by atoms with Gasteiger partial charge in [-0.1, -0.05) is 18.2 Å². The van der Waals surface area contributed by atoms with Gasteiger partial charge in [0, 0.05) is 32.7 Å². The highest BCUT2D eigenvalue weighted by Gasteiger charge is 2.29. The second-order valence-corrected chi connectivity index (χ2v) is 9.72. The summed E-state index contributed by atoms with van der Waals surface area (Å²) in [6.07, 6.45) is -0.685. The van der Waals surface area contributed by atoms with Gasteiger partial charge in [0.15, 0.2) is 0 Å². The number of hydrogen-bond donors (Lipinski definition) is 1. The Morgan fingerprint density at radius 1 is 1.07 bits per heavy atom. The smallest absolute Gasteiger partial charge is 0.243 e. The molecular formula is C22H29FN2O4S. The molecule has 8 heteroatoms. The fourth-order valence-corrected chi connectivity index (χ4v) is 5.06. The molecule has 3 rings (SSSR count). The third kappa shape index (κ3) is 5.18. The molecule has 0 spiro atoms. The van der Waals surface area contributed by atoms with Crippen molar-refractivity contribution in [1.29, 1.82) is 0 Å². The quantitative estimate of drug-likeness (QED) is 0.722. The van der Waals surface area contributed by atoms with Gasteiger partial charge in [-0.3, -0.25) is 4.90 Å². The van der Waals surface area contributed by atoms with Crippen LogP contribution in [0.25, 0.3) is 0 Å². The first-order chi connectivity index (χ1) is 14.2. The maximum atomic E-state index is 13.4. The largest absolute Gasteiger partial charge is 0.490 e. The summed E-state index contributed by atoms with van der Waals surface area (Å²) < 4.78 is 46.0. The predicted octanol–water partition coefficient (Wildman–Crippen LogP) is 2.50. The minimum atomic E-state index is -3.72. The van der Waals surface area contributed by atoms with E-state index in [2.05, 4.69) is 0 Å². The topological polar surface area (TPSA) is 70.1 Å². The van der Waals surface area contributed by atoms with Gasteiger partial charge < -0.3 is 9.84 Å². The van der Waals surface area contributed by atoms with Crippen molar-refractivity contribution in [2.24, 2.45) is 0 Å². The zero-order valence-corrected chi connectivity index (χ0v) is 18.5. The van der Waals surface area contributed by atoms with E-state index >= 15 is 0 Å². The Bertz CT molecular complexity index is 989. The van der Waals surface area contributed by atoms with Crippen LogP contribution in [-0.2, 0) is 10.0 Å². The first kappa shape index (κ1) is 22.7. The van der Waals surface area contributed by atoms with Gasteiger partial charge in [0.05, 0.1) is 4.90 Å². The molecule has 164 valence electrons. The summed E-state index contributed by atoms with van der Waals surface area (Å²) in [5, 5.41) is 10.4. The lowest BCUT2D eigenvalue weighted by molar-refractivity contribution is 0.0565. The van der Waals surface area contributed by atoms with Crippen LogP contribution in [0, 0.1) is 26.6 Å². The van der Waals surface area contributed by atoms with Crippen molar-refractivity contribution in [3.05, 3.63) is 58.9 Å². The molecule has 2 aromatic rings. The summed E-state index contributed by atoms with van der Waals surface area (Å²) >= 11 is 0. The SMILES string of the molecule is Cc1ccc(C)c(OCC(O)CN2CCN(S(=O)(=O)c3cccc(F)c3)CC2)c1C. The molecule has 6 nitrogen and oxygen atoms in total. The van der Waals surface area contributed by atoms with Gasteiger partial charge in [-0.25, -0.2) is 12.8 Å². The first-order valence-electron chi connectivity index (χ1n) is 10.0. The Labute approximate surface area is 177 Å². The molecule has 1 fully saturated rings. The Morgan fingerprint density at radius 3 is 2.40 bits per heavy atom. The third-order valence-corrected chi connectivity index (χ3v) is 7.42. The number of halogens is 1. The number of aliphatic hydroxyl groups is 1. The first-order valence-corrected chi connectivity index (χ1v) is 11.5. The van der Waals surface area contributed by atoms with Gasteiger partial charge in [0.25, 0.3) is 0 Å². The number of piperazine rings is 1. The van der Waals surface area contributed by atoms with Crippen LogP contribution in [0.15, 0.2) is 41.3 Å². The molecule has 0 amide bonds. The van der Waals surface area contributed by atoms with Crippen LogP contribution in [-0.4, -0.2) is 68.2 Å².